The van der Waals surface area contributed by atoms with Crippen molar-refractivity contribution in [3.8, 4) is 11.6 Å². The van der Waals surface area contributed by atoms with Crippen LogP contribution in [0.1, 0.15) is 22.6 Å². The molecule has 0 aliphatic rings. The Morgan fingerprint density at radius 2 is 1.70 bits per heavy atom. The van der Waals surface area contributed by atoms with Crippen LogP contribution in [0.25, 0.3) is 0 Å². The first-order chi connectivity index (χ1) is 15.3. The lowest BCUT2D eigenvalue weighted by atomic mass is 10.1. The van der Waals surface area contributed by atoms with E-state index in [1.165, 1.54) is 13.0 Å². The number of ether oxygens (including phenoxy) is 1. The van der Waals surface area contributed by atoms with Crippen LogP contribution in [-0.4, -0.2) is 21.5 Å². The SMILES string of the molecule is Cc1nc(NCCc2ccc(Oc3ccc(C(F)(F)F)cn3)c(Cl)c2)c(Cl)c(C(F)(F)F)n1. The number of nitrogens with zero attached hydrogens (tertiary/aromatic N) is 3. The number of hydrogen-bond acceptors (Lipinski definition) is 5. The molecule has 2 heterocycles. The molecule has 3 aromatic rings. The van der Waals surface area contributed by atoms with E-state index in [0.29, 0.717) is 18.2 Å². The Hall–Kier alpha value is -2.79. The van der Waals surface area contributed by atoms with Gasteiger partial charge in [-0.25, -0.2) is 15.0 Å². The smallest absolute Gasteiger partial charge is 0.435 e. The molecule has 0 unspecified atom stereocenters. The van der Waals surface area contributed by atoms with E-state index in [1.807, 2.05) is 0 Å². The van der Waals surface area contributed by atoms with Crippen LogP contribution in [0.3, 0.4) is 0 Å². The summed E-state index contributed by atoms with van der Waals surface area (Å²) in [5.74, 6) is -0.134. The number of halogens is 8. The van der Waals surface area contributed by atoms with Crippen LogP contribution in [0.15, 0.2) is 36.5 Å². The van der Waals surface area contributed by atoms with Crippen molar-refractivity contribution in [1.82, 2.24) is 15.0 Å². The Morgan fingerprint density at radius 1 is 0.970 bits per heavy atom. The van der Waals surface area contributed by atoms with E-state index >= 15 is 0 Å². The lowest BCUT2D eigenvalue weighted by Gasteiger charge is -2.14. The molecule has 0 fully saturated rings. The van der Waals surface area contributed by atoms with E-state index in [9.17, 15) is 26.3 Å². The van der Waals surface area contributed by atoms with Crippen molar-refractivity contribution in [2.45, 2.75) is 25.7 Å². The van der Waals surface area contributed by atoms with Crippen LogP contribution in [0.5, 0.6) is 11.6 Å². The van der Waals surface area contributed by atoms with Gasteiger partial charge in [0.25, 0.3) is 0 Å². The third kappa shape index (κ3) is 6.38. The van der Waals surface area contributed by atoms with Gasteiger partial charge < -0.3 is 10.1 Å². The summed E-state index contributed by atoms with van der Waals surface area (Å²) in [6.07, 6.45) is -8.24. The number of aryl methyl sites for hydroxylation is 1. The summed E-state index contributed by atoms with van der Waals surface area (Å²) >= 11 is 12.0. The zero-order valence-electron chi connectivity index (χ0n) is 16.7. The highest BCUT2D eigenvalue weighted by Crippen LogP contribution is 2.36. The largest absolute Gasteiger partial charge is 0.437 e. The molecule has 0 saturated heterocycles. The molecule has 33 heavy (non-hydrogen) atoms. The van der Waals surface area contributed by atoms with Gasteiger partial charge in [0, 0.05) is 18.8 Å². The first-order valence-electron chi connectivity index (χ1n) is 9.19. The molecule has 5 nitrogen and oxygen atoms in total. The maximum Gasteiger partial charge on any atom is 0.435 e. The Bertz CT molecular complexity index is 1140. The first-order valence-corrected chi connectivity index (χ1v) is 9.95. The van der Waals surface area contributed by atoms with Crippen LogP contribution in [0.2, 0.25) is 10.0 Å². The minimum absolute atomic E-state index is 0.0754. The zero-order valence-corrected chi connectivity index (χ0v) is 18.2. The molecule has 176 valence electrons. The minimum atomic E-state index is -4.72. The highest BCUT2D eigenvalue weighted by molar-refractivity contribution is 6.33. The number of anilines is 1. The monoisotopic (exact) mass is 510 g/mol. The summed E-state index contributed by atoms with van der Waals surface area (Å²) < 4.78 is 82.3. The van der Waals surface area contributed by atoms with E-state index in [4.69, 9.17) is 27.9 Å². The number of benzene rings is 1. The Morgan fingerprint density at radius 3 is 2.27 bits per heavy atom. The second kappa shape index (κ2) is 9.60. The van der Waals surface area contributed by atoms with Gasteiger partial charge in [-0.3, -0.25) is 0 Å². The topological polar surface area (TPSA) is 59.9 Å². The van der Waals surface area contributed by atoms with Crippen LogP contribution in [0.4, 0.5) is 32.2 Å². The second-order valence-electron chi connectivity index (χ2n) is 6.71. The molecular formula is C20H14Cl2F6N4O. The highest BCUT2D eigenvalue weighted by Gasteiger charge is 2.37. The zero-order chi connectivity index (χ0) is 24.4. The fraction of sp³-hybridized carbons (Fsp3) is 0.250. The van der Waals surface area contributed by atoms with Crippen molar-refractivity contribution in [1.29, 1.82) is 0 Å². The lowest BCUT2D eigenvalue weighted by molar-refractivity contribution is -0.141. The number of alkyl halides is 6. The molecule has 13 heteroatoms. The van der Waals surface area contributed by atoms with Crippen molar-refractivity contribution in [2.24, 2.45) is 0 Å². The third-order valence-corrected chi connectivity index (χ3v) is 4.87. The van der Waals surface area contributed by atoms with E-state index in [0.717, 1.165) is 12.1 Å². The van der Waals surface area contributed by atoms with Gasteiger partial charge in [0.05, 0.1) is 10.6 Å². The molecule has 0 atom stereocenters. The lowest BCUT2D eigenvalue weighted by Crippen LogP contribution is -2.15. The van der Waals surface area contributed by atoms with E-state index in [1.54, 1.807) is 12.1 Å². The fourth-order valence-corrected chi connectivity index (χ4v) is 3.19. The molecule has 0 aliphatic heterocycles. The van der Waals surface area contributed by atoms with Crippen LogP contribution < -0.4 is 10.1 Å². The number of hydrogen-bond donors (Lipinski definition) is 1. The van der Waals surface area contributed by atoms with Gasteiger partial charge in [0.2, 0.25) is 5.88 Å². The van der Waals surface area contributed by atoms with Gasteiger partial charge in [0.1, 0.15) is 22.4 Å². The third-order valence-electron chi connectivity index (χ3n) is 4.21. The Kier molecular flexibility index (Phi) is 7.23. The molecule has 0 amide bonds. The Labute approximate surface area is 193 Å². The molecule has 3 rings (SSSR count). The predicted octanol–water partition coefficient (Wildman–Crippen LogP) is 6.97. The summed E-state index contributed by atoms with van der Waals surface area (Å²) in [6.45, 7) is 1.51. The average molecular weight is 511 g/mol. The molecule has 0 spiro atoms. The summed E-state index contributed by atoms with van der Waals surface area (Å²) in [6, 6.07) is 6.60. The second-order valence-corrected chi connectivity index (χ2v) is 7.49. The molecule has 2 aromatic heterocycles. The summed E-state index contributed by atoms with van der Waals surface area (Å²) in [5.41, 5.74) is -1.43. The predicted molar refractivity (Wildman–Crippen MR) is 110 cm³/mol. The van der Waals surface area contributed by atoms with E-state index < -0.39 is 28.6 Å². The van der Waals surface area contributed by atoms with E-state index in [2.05, 4.69) is 20.3 Å². The van der Waals surface area contributed by atoms with Gasteiger partial charge in [-0.1, -0.05) is 29.3 Å². The molecule has 0 radical (unpaired) electrons. The maximum absolute atomic E-state index is 13.0. The quantitative estimate of drug-likeness (QED) is 0.363. The van der Waals surface area contributed by atoms with E-state index in [-0.39, 0.29) is 34.8 Å². The van der Waals surface area contributed by atoms with Crippen molar-refractivity contribution >= 4 is 29.0 Å². The fourth-order valence-electron chi connectivity index (χ4n) is 2.69. The van der Waals surface area contributed by atoms with Gasteiger partial charge in [-0.15, -0.1) is 0 Å². The summed E-state index contributed by atoms with van der Waals surface area (Å²) in [7, 11) is 0. The van der Waals surface area contributed by atoms with Crippen molar-refractivity contribution in [3.63, 3.8) is 0 Å². The van der Waals surface area contributed by atoms with Crippen LogP contribution in [0, 0.1) is 6.92 Å². The number of rotatable bonds is 6. The van der Waals surface area contributed by atoms with Crippen molar-refractivity contribution in [2.75, 3.05) is 11.9 Å². The normalized spacial score (nSPS) is 12.0. The summed E-state index contributed by atoms with van der Waals surface area (Å²) in [4.78, 5) is 10.9. The van der Waals surface area contributed by atoms with Crippen molar-refractivity contribution in [3.05, 3.63) is 69.2 Å². The molecule has 0 bridgehead atoms. The minimum Gasteiger partial charge on any atom is -0.437 e. The molecule has 1 N–H and O–H groups in total. The number of nitrogens with one attached hydrogen (secondary N) is 1. The van der Waals surface area contributed by atoms with Gasteiger partial charge in [-0.2, -0.15) is 26.3 Å². The molecular weight excluding hydrogens is 497 g/mol. The standard InChI is InChI=1S/C20H14Cl2F6N4O/c1-10-31-17(20(26,27)28)16(22)18(32-10)29-7-6-11-2-4-14(13(21)8-11)33-15-5-3-12(9-30-15)19(23,24)25/h2-5,8-9H,6-7H2,1H3,(H,29,31,32). The van der Waals surface area contributed by atoms with Crippen LogP contribution in [-0.2, 0) is 18.8 Å². The number of aromatic nitrogens is 3. The van der Waals surface area contributed by atoms with Crippen molar-refractivity contribution < 1.29 is 31.1 Å². The van der Waals surface area contributed by atoms with Gasteiger partial charge in [0.15, 0.2) is 5.69 Å². The highest BCUT2D eigenvalue weighted by atomic mass is 35.5. The Balaban J connectivity index is 1.64. The van der Waals surface area contributed by atoms with Gasteiger partial charge in [-0.05, 0) is 37.1 Å². The molecule has 1 aromatic carbocycles. The van der Waals surface area contributed by atoms with Gasteiger partial charge >= 0.3 is 12.4 Å². The number of pyridine rings is 1. The van der Waals surface area contributed by atoms with Crippen LogP contribution >= 0.6 is 23.2 Å². The summed E-state index contributed by atoms with van der Waals surface area (Å²) in [5, 5.41) is 2.29. The molecule has 0 saturated carbocycles. The first kappa shape index (κ1) is 24.8. The maximum atomic E-state index is 13.0. The average Bonchev–Trinajstić information content (AvgIpc) is 2.71. The molecule has 0 aliphatic carbocycles.